The van der Waals surface area contributed by atoms with Gasteiger partial charge in [0.25, 0.3) is 0 Å². The number of guanidine groups is 1. The molecule has 0 bridgehead atoms. The van der Waals surface area contributed by atoms with E-state index in [-0.39, 0.29) is 24.0 Å². The highest BCUT2D eigenvalue weighted by Gasteiger charge is 2.31. The van der Waals surface area contributed by atoms with Gasteiger partial charge in [-0.15, -0.1) is 34.2 Å². The van der Waals surface area contributed by atoms with Gasteiger partial charge in [-0.2, -0.15) is 0 Å². The maximum absolute atomic E-state index is 5.13. The normalized spacial score (nSPS) is 20.8. The second kappa shape index (κ2) is 11.8. The predicted molar refractivity (Wildman–Crippen MR) is 120 cm³/mol. The fraction of sp³-hybridized carbons (Fsp3) is 0.833. The summed E-state index contributed by atoms with van der Waals surface area (Å²) in [6.45, 7) is 13.0. The van der Waals surface area contributed by atoms with Gasteiger partial charge in [-0.3, -0.25) is 4.90 Å². The number of aryl methyl sites for hydroxylation is 1. The van der Waals surface area contributed by atoms with Crippen LogP contribution in [-0.2, 0) is 18.3 Å². The van der Waals surface area contributed by atoms with Gasteiger partial charge in [-0.25, -0.2) is 4.99 Å². The lowest BCUT2D eigenvalue weighted by Gasteiger charge is -2.22. The van der Waals surface area contributed by atoms with Crippen molar-refractivity contribution < 1.29 is 4.74 Å². The van der Waals surface area contributed by atoms with Gasteiger partial charge in [0.1, 0.15) is 12.4 Å². The van der Waals surface area contributed by atoms with Crippen LogP contribution in [0.2, 0.25) is 0 Å². The van der Waals surface area contributed by atoms with Crippen LogP contribution in [0.1, 0.15) is 38.8 Å². The highest BCUT2D eigenvalue weighted by molar-refractivity contribution is 14.0. The van der Waals surface area contributed by atoms with E-state index in [0.717, 1.165) is 50.3 Å². The van der Waals surface area contributed by atoms with Gasteiger partial charge in [0, 0.05) is 52.5 Å². The standard InChI is InChI=1S/C18H35N7O.HI/c1-13(2)25-11-14(3)16(12-25)21-18(19-8-7-9-26-6)20-10-17-23-22-15(4)24(17)5;/h13-14,16H,7-12H2,1-6H3,(H2,19,20,21);1H. The number of nitrogens with one attached hydrogen (secondary N) is 2. The molecule has 0 aromatic carbocycles. The van der Waals surface area contributed by atoms with Crippen LogP contribution >= 0.6 is 24.0 Å². The number of hydrogen-bond donors (Lipinski definition) is 2. The van der Waals surface area contributed by atoms with Gasteiger partial charge in [0.2, 0.25) is 0 Å². The maximum atomic E-state index is 5.13. The number of nitrogens with zero attached hydrogens (tertiary/aromatic N) is 5. The fourth-order valence-electron chi connectivity index (χ4n) is 3.10. The minimum absolute atomic E-state index is 0. The Labute approximate surface area is 180 Å². The molecule has 0 radical (unpaired) electrons. The Morgan fingerprint density at radius 2 is 2.07 bits per heavy atom. The van der Waals surface area contributed by atoms with Crippen molar-refractivity contribution >= 4 is 29.9 Å². The molecule has 2 unspecified atom stereocenters. The highest BCUT2D eigenvalue weighted by atomic mass is 127. The van der Waals surface area contributed by atoms with Crippen molar-refractivity contribution in [2.75, 3.05) is 33.4 Å². The largest absolute Gasteiger partial charge is 0.385 e. The number of methoxy groups -OCH3 is 1. The monoisotopic (exact) mass is 493 g/mol. The first-order valence-corrected chi connectivity index (χ1v) is 9.55. The summed E-state index contributed by atoms with van der Waals surface area (Å²) < 4.78 is 7.11. The molecule has 1 aromatic heterocycles. The Kier molecular flexibility index (Phi) is 10.5. The van der Waals surface area contributed by atoms with Gasteiger partial charge < -0.3 is 19.9 Å². The van der Waals surface area contributed by atoms with Crippen LogP contribution in [0.4, 0.5) is 0 Å². The molecule has 2 rings (SSSR count). The number of aliphatic imine (C=N–C) groups is 1. The van der Waals surface area contributed by atoms with Gasteiger partial charge >= 0.3 is 0 Å². The van der Waals surface area contributed by atoms with E-state index in [2.05, 4.69) is 46.5 Å². The summed E-state index contributed by atoms with van der Waals surface area (Å²) >= 11 is 0. The van der Waals surface area contributed by atoms with Gasteiger partial charge in [0.05, 0.1) is 0 Å². The maximum Gasteiger partial charge on any atom is 0.191 e. The molecule has 0 amide bonds. The molecule has 9 heteroatoms. The summed E-state index contributed by atoms with van der Waals surface area (Å²) in [5, 5.41) is 15.4. The minimum Gasteiger partial charge on any atom is -0.385 e. The SMILES string of the molecule is COCCCNC(=NCc1nnc(C)n1C)NC1CN(C(C)C)CC1C.I. The first-order valence-electron chi connectivity index (χ1n) is 9.55. The Bertz CT molecular complexity index is 590. The van der Waals surface area contributed by atoms with E-state index >= 15 is 0 Å². The molecule has 1 aliphatic rings. The van der Waals surface area contributed by atoms with Gasteiger partial charge in [-0.1, -0.05) is 6.92 Å². The number of ether oxygens (including phenoxy) is 1. The van der Waals surface area contributed by atoms with Crippen molar-refractivity contribution in [2.24, 2.45) is 18.0 Å². The highest BCUT2D eigenvalue weighted by Crippen LogP contribution is 2.18. The van der Waals surface area contributed by atoms with E-state index in [0.29, 0.717) is 24.5 Å². The average Bonchev–Trinajstić information content (AvgIpc) is 3.13. The van der Waals surface area contributed by atoms with Crippen molar-refractivity contribution in [3.8, 4) is 0 Å². The van der Waals surface area contributed by atoms with E-state index in [9.17, 15) is 0 Å². The topological polar surface area (TPSA) is 79.6 Å². The number of rotatable bonds is 8. The van der Waals surface area contributed by atoms with E-state index in [1.807, 2.05) is 18.5 Å². The fourth-order valence-corrected chi connectivity index (χ4v) is 3.10. The summed E-state index contributed by atoms with van der Waals surface area (Å²) in [6.07, 6.45) is 0.943. The van der Waals surface area contributed by atoms with Crippen molar-refractivity contribution in [2.45, 2.75) is 52.7 Å². The second-order valence-corrected chi connectivity index (χ2v) is 7.44. The Balaban J connectivity index is 0.00000364. The van der Waals surface area contributed by atoms with E-state index in [1.165, 1.54) is 0 Å². The zero-order valence-electron chi connectivity index (χ0n) is 17.5. The molecule has 2 N–H and O–H groups in total. The van der Waals surface area contributed by atoms with Crippen molar-refractivity contribution in [3.63, 3.8) is 0 Å². The summed E-state index contributed by atoms with van der Waals surface area (Å²) in [5.41, 5.74) is 0. The first kappa shape index (κ1) is 24.1. The molecule has 0 spiro atoms. The quantitative estimate of drug-likeness (QED) is 0.248. The third-order valence-electron chi connectivity index (χ3n) is 5.07. The second-order valence-electron chi connectivity index (χ2n) is 7.44. The number of hydrogen-bond acceptors (Lipinski definition) is 5. The molecule has 1 aliphatic heterocycles. The molecular weight excluding hydrogens is 457 g/mol. The van der Waals surface area contributed by atoms with E-state index < -0.39 is 0 Å². The molecule has 0 aliphatic carbocycles. The van der Waals surface area contributed by atoms with Gasteiger partial charge in [0.15, 0.2) is 11.8 Å². The summed E-state index contributed by atoms with van der Waals surface area (Å²) in [4.78, 5) is 7.26. The molecule has 156 valence electrons. The molecule has 27 heavy (non-hydrogen) atoms. The van der Waals surface area contributed by atoms with Crippen molar-refractivity contribution in [3.05, 3.63) is 11.6 Å². The molecule has 2 heterocycles. The molecule has 0 saturated carbocycles. The van der Waals surface area contributed by atoms with Crippen LogP contribution in [0.5, 0.6) is 0 Å². The lowest BCUT2D eigenvalue weighted by Crippen LogP contribution is -2.47. The predicted octanol–water partition coefficient (Wildman–Crippen LogP) is 1.54. The van der Waals surface area contributed by atoms with E-state index in [1.54, 1.807) is 7.11 Å². The van der Waals surface area contributed by atoms with Crippen LogP contribution in [0.3, 0.4) is 0 Å². The summed E-state index contributed by atoms with van der Waals surface area (Å²) in [6, 6.07) is 0.966. The summed E-state index contributed by atoms with van der Waals surface area (Å²) in [7, 11) is 3.70. The molecule has 2 atom stereocenters. The number of aromatic nitrogens is 3. The molecule has 1 aromatic rings. The first-order chi connectivity index (χ1) is 12.4. The van der Waals surface area contributed by atoms with Crippen LogP contribution in [0.25, 0.3) is 0 Å². The third-order valence-corrected chi connectivity index (χ3v) is 5.07. The Hall–Kier alpha value is -0.940. The Morgan fingerprint density at radius 1 is 1.33 bits per heavy atom. The zero-order chi connectivity index (χ0) is 19.1. The van der Waals surface area contributed by atoms with Crippen LogP contribution < -0.4 is 10.6 Å². The third kappa shape index (κ3) is 7.19. The molecule has 1 saturated heterocycles. The average molecular weight is 493 g/mol. The van der Waals surface area contributed by atoms with Crippen LogP contribution in [-0.4, -0.2) is 71.1 Å². The summed E-state index contributed by atoms with van der Waals surface area (Å²) in [5.74, 6) is 3.18. The smallest absolute Gasteiger partial charge is 0.191 e. The zero-order valence-corrected chi connectivity index (χ0v) is 19.9. The van der Waals surface area contributed by atoms with E-state index in [4.69, 9.17) is 9.73 Å². The molecule has 1 fully saturated rings. The van der Waals surface area contributed by atoms with Gasteiger partial charge in [-0.05, 0) is 33.1 Å². The van der Waals surface area contributed by atoms with Crippen molar-refractivity contribution in [1.29, 1.82) is 0 Å². The lowest BCUT2D eigenvalue weighted by atomic mass is 10.1. The number of likely N-dealkylation sites (tertiary alicyclic amines) is 1. The number of halogens is 1. The molecule has 8 nitrogen and oxygen atoms in total. The van der Waals surface area contributed by atoms with Crippen LogP contribution in [0.15, 0.2) is 4.99 Å². The molecular formula is C18H36IN7O. The lowest BCUT2D eigenvalue weighted by molar-refractivity contribution is 0.195. The Morgan fingerprint density at radius 3 is 2.63 bits per heavy atom. The van der Waals surface area contributed by atoms with Crippen molar-refractivity contribution in [1.82, 2.24) is 30.3 Å². The minimum atomic E-state index is 0. The van der Waals surface area contributed by atoms with Crippen LogP contribution in [0, 0.1) is 12.8 Å².